The molecule has 1 aliphatic heterocycles. The minimum Gasteiger partial charge on any atom is -0.463 e. The van der Waals surface area contributed by atoms with Gasteiger partial charge >= 0.3 is 12.1 Å². The van der Waals surface area contributed by atoms with E-state index in [1.165, 1.54) is 15.8 Å². The van der Waals surface area contributed by atoms with Crippen LogP contribution in [-0.4, -0.2) is 59.0 Å². The van der Waals surface area contributed by atoms with Gasteiger partial charge in [0.05, 0.1) is 32.2 Å². The molecule has 31 heavy (non-hydrogen) atoms. The Hall–Kier alpha value is -4.07. The highest BCUT2D eigenvalue weighted by atomic mass is 16.6. The van der Waals surface area contributed by atoms with Crippen molar-refractivity contribution in [1.29, 1.82) is 5.26 Å². The number of amides is 2. The third-order valence-corrected chi connectivity index (χ3v) is 4.76. The fraction of sp³-hybridized carbons (Fsp3) is 0.350. The third-order valence-electron chi connectivity index (χ3n) is 4.76. The third kappa shape index (κ3) is 4.75. The first-order valence-electron chi connectivity index (χ1n) is 9.55. The summed E-state index contributed by atoms with van der Waals surface area (Å²) in [5.41, 5.74) is 5.52. The van der Waals surface area contributed by atoms with E-state index in [1.807, 2.05) is 18.2 Å². The Kier molecular flexibility index (Phi) is 6.40. The maximum Gasteiger partial charge on any atom is 0.410 e. The van der Waals surface area contributed by atoms with Crippen molar-refractivity contribution in [2.75, 3.05) is 31.6 Å². The molecule has 11 nitrogen and oxygen atoms in total. The predicted molar refractivity (Wildman–Crippen MR) is 108 cm³/mol. The molecule has 0 bridgehead atoms. The van der Waals surface area contributed by atoms with Crippen LogP contribution in [0.15, 0.2) is 36.5 Å². The van der Waals surface area contributed by atoms with Crippen molar-refractivity contribution in [2.24, 2.45) is 5.73 Å². The van der Waals surface area contributed by atoms with E-state index < -0.39 is 30.1 Å². The molecule has 11 heteroatoms. The molecule has 3 N–H and O–H groups in total. The quantitative estimate of drug-likeness (QED) is 0.600. The maximum absolute atomic E-state index is 12.2. The summed E-state index contributed by atoms with van der Waals surface area (Å²) < 4.78 is 11.1. The number of nitrogens with two attached hydrogens (primary N) is 1. The van der Waals surface area contributed by atoms with Gasteiger partial charge in [-0.1, -0.05) is 18.2 Å². The van der Waals surface area contributed by atoms with Gasteiger partial charge in [-0.05, 0) is 19.1 Å². The Balaban J connectivity index is 1.75. The van der Waals surface area contributed by atoms with E-state index in [0.717, 1.165) is 0 Å². The van der Waals surface area contributed by atoms with Gasteiger partial charge in [0.2, 0.25) is 0 Å². The topological polar surface area (TPSA) is 153 Å². The van der Waals surface area contributed by atoms with E-state index in [0.29, 0.717) is 5.69 Å². The van der Waals surface area contributed by atoms with E-state index in [1.54, 1.807) is 19.1 Å². The average Bonchev–Trinajstić information content (AvgIpc) is 3.14. The minimum absolute atomic E-state index is 0.0410. The number of carbonyl (C=O) groups is 3. The molecule has 0 unspecified atom stereocenters. The van der Waals surface area contributed by atoms with E-state index in [4.69, 9.17) is 15.2 Å². The molecule has 1 aromatic heterocycles. The number of benzene rings is 1. The van der Waals surface area contributed by atoms with Crippen LogP contribution >= 0.6 is 0 Å². The number of carbonyl (C=O) groups excluding carboxylic acids is 3. The summed E-state index contributed by atoms with van der Waals surface area (Å²) in [6, 6.07) is 11.2. The molecule has 1 aromatic carbocycles. The molecule has 1 fully saturated rings. The fourth-order valence-corrected chi connectivity index (χ4v) is 3.24. The molecular weight excluding hydrogens is 404 g/mol. The van der Waals surface area contributed by atoms with Crippen LogP contribution in [0.3, 0.4) is 0 Å². The molecule has 0 spiro atoms. The highest BCUT2D eigenvalue weighted by Crippen LogP contribution is 2.34. The number of rotatable bonds is 8. The lowest BCUT2D eigenvalue weighted by Crippen LogP contribution is -2.64. The van der Waals surface area contributed by atoms with Crippen LogP contribution in [0.2, 0.25) is 0 Å². The standard InChI is InChI=1S/C20H22N6O5/c1-2-30-16(27)11-31-19(29)25-12-20(13-25,8-9-21)26-10-15(17(22)28)18(24-26)23-14-6-4-3-5-7-14/h3-7,10H,2,8,11-13H2,1H3,(H2,22,28)(H,23,24). The van der Waals surface area contributed by atoms with Crippen LogP contribution in [0.1, 0.15) is 23.7 Å². The Morgan fingerprint density at radius 3 is 2.58 bits per heavy atom. The number of anilines is 2. The summed E-state index contributed by atoms with van der Waals surface area (Å²) in [6.07, 6.45) is 0.803. The monoisotopic (exact) mass is 426 g/mol. The van der Waals surface area contributed by atoms with Crippen molar-refractivity contribution in [2.45, 2.75) is 18.9 Å². The van der Waals surface area contributed by atoms with Crippen LogP contribution in [-0.2, 0) is 19.8 Å². The van der Waals surface area contributed by atoms with Crippen molar-refractivity contribution in [3.05, 3.63) is 42.1 Å². The first-order chi connectivity index (χ1) is 14.9. The number of nitrogens with one attached hydrogen (secondary N) is 1. The van der Waals surface area contributed by atoms with E-state index in [2.05, 4.69) is 16.5 Å². The second kappa shape index (κ2) is 9.17. The van der Waals surface area contributed by atoms with E-state index in [-0.39, 0.29) is 37.5 Å². The van der Waals surface area contributed by atoms with E-state index >= 15 is 0 Å². The zero-order valence-corrected chi connectivity index (χ0v) is 16.9. The molecule has 1 saturated heterocycles. The van der Waals surface area contributed by atoms with Gasteiger partial charge in [0.15, 0.2) is 12.4 Å². The molecule has 1 aliphatic rings. The van der Waals surface area contributed by atoms with Gasteiger partial charge in [-0.25, -0.2) is 9.59 Å². The zero-order valence-electron chi connectivity index (χ0n) is 16.9. The lowest BCUT2D eigenvalue weighted by molar-refractivity contribution is -0.147. The Bertz CT molecular complexity index is 1010. The Morgan fingerprint density at radius 1 is 1.26 bits per heavy atom. The fourth-order valence-electron chi connectivity index (χ4n) is 3.24. The number of likely N-dealkylation sites (tertiary alicyclic amines) is 1. The number of para-hydroxylation sites is 1. The first kappa shape index (κ1) is 21.6. The van der Waals surface area contributed by atoms with E-state index in [9.17, 15) is 19.6 Å². The molecule has 2 heterocycles. The summed E-state index contributed by atoms with van der Waals surface area (Å²) in [5.74, 6) is -1.07. The van der Waals surface area contributed by atoms with Gasteiger partial charge in [-0.3, -0.25) is 9.48 Å². The second-order valence-electron chi connectivity index (χ2n) is 6.97. The van der Waals surface area contributed by atoms with Crippen LogP contribution in [0.5, 0.6) is 0 Å². The number of hydrogen-bond donors (Lipinski definition) is 2. The van der Waals surface area contributed by atoms with Crippen molar-refractivity contribution in [3.63, 3.8) is 0 Å². The number of nitrogens with zero attached hydrogens (tertiary/aromatic N) is 4. The predicted octanol–water partition coefficient (Wildman–Crippen LogP) is 1.35. The number of ether oxygens (including phenoxy) is 2. The van der Waals surface area contributed by atoms with Gasteiger partial charge in [0.25, 0.3) is 5.91 Å². The largest absolute Gasteiger partial charge is 0.463 e. The van der Waals surface area contributed by atoms with Gasteiger partial charge in [0, 0.05) is 11.9 Å². The number of hydrogen-bond acceptors (Lipinski definition) is 8. The van der Waals surface area contributed by atoms with Crippen LogP contribution in [0, 0.1) is 11.3 Å². The summed E-state index contributed by atoms with van der Waals surface area (Å²) >= 11 is 0. The first-order valence-corrected chi connectivity index (χ1v) is 9.55. The smallest absolute Gasteiger partial charge is 0.410 e. The van der Waals surface area contributed by atoms with Crippen molar-refractivity contribution >= 4 is 29.5 Å². The maximum atomic E-state index is 12.2. The van der Waals surface area contributed by atoms with Crippen molar-refractivity contribution in [1.82, 2.24) is 14.7 Å². The molecule has 0 aliphatic carbocycles. The molecule has 2 aromatic rings. The molecule has 3 rings (SSSR count). The minimum atomic E-state index is -0.849. The summed E-state index contributed by atoms with van der Waals surface area (Å²) in [6.45, 7) is 1.58. The molecular formula is C20H22N6O5. The second-order valence-corrected chi connectivity index (χ2v) is 6.97. The number of primary amides is 1. The van der Waals surface area contributed by atoms with Crippen molar-refractivity contribution in [3.8, 4) is 6.07 Å². The van der Waals surface area contributed by atoms with Gasteiger partial charge in [-0.15, -0.1) is 0 Å². The molecule has 2 amide bonds. The highest BCUT2D eigenvalue weighted by molar-refractivity contribution is 5.98. The normalized spacial score (nSPS) is 14.1. The summed E-state index contributed by atoms with van der Waals surface area (Å²) in [7, 11) is 0. The SMILES string of the molecule is CCOC(=O)COC(=O)N1CC(CC#N)(n2cc(C(N)=O)c(Nc3ccccc3)n2)C1. The Labute approximate surface area is 178 Å². The highest BCUT2D eigenvalue weighted by Gasteiger charge is 2.49. The number of aromatic nitrogens is 2. The molecule has 0 saturated carbocycles. The van der Waals surface area contributed by atoms with Gasteiger partial charge in [0.1, 0.15) is 11.1 Å². The average molecular weight is 426 g/mol. The molecule has 0 radical (unpaired) electrons. The van der Waals surface area contributed by atoms with Crippen LogP contribution in [0.4, 0.5) is 16.3 Å². The lowest BCUT2D eigenvalue weighted by Gasteiger charge is -2.48. The van der Waals surface area contributed by atoms with Gasteiger partial charge < -0.3 is 25.4 Å². The van der Waals surface area contributed by atoms with Crippen LogP contribution < -0.4 is 11.1 Å². The van der Waals surface area contributed by atoms with Gasteiger partial charge in [-0.2, -0.15) is 10.4 Å². The summed E-state index contributed by atoms with van der Waals surface area (Å²) in [5, 5.41) is 16.8. The molecule has 162 valence electrons. The van der Waals surface area contributed by atoms with Crippen LogP contribution in [0.25, 0.3) is 0 Å². The number of nitriles is 1. The van der Waals surface area contributed by atoms with Crippen molar-refractivity contribution < 1.29 is 23.9 Å². The summed E-state index contributed by atoms with van der Waals surface area (Å²) in [4.78, 5) is 36.8. The number of esters is 1. The lowest BCUT2D eigenvalue weighted by atomic mass is 9.87. The molecule has 0 atom stereocenters. The zero-order chi connectivity index (χ0) is 22.4. The Morgan fingerprint density at radius 2 is 1.97 bits per heavy atom.